The summed E-state index contributed by atoms with van der Waals surface area (Å²) in [5, 5.41) is 28.8. The van der Waals surface area contributed by atoms with Gasteiger partial charge in [0, 0.05) is 19.4 Å². The Morgan fingerprint density at radius 1 is 1.46 bits per heavy atom. The molecule has 26 heavy (non-hydrogen) atoms. The van der Waals surface area contributed by atoms with Crippen LogP contribution in [0, 0.1) is 0 Å². The largest absolute Gasteiger partial charge is 0.394 e. The zero-order valence-electron chi connectivity index (χ0n) is 14.1. The molecule has 2 aliphatic rings. The highest BCUT2D eigenvalue weighted by Gasteiger charge is 2.47. The van der Waals surface area contributed by atoms with E-state index in [0.717, 1.165) is 11.0 Å². The average Bonchev–Trinajstić information content (AvgIpc) is 2.87. The van der Waals surface area contributed by atoms with Gasteiger partial charge in [-0.25, -0.2) is 15.1 Å². The highest BCUT2D eigenvalue weighted by molar-refractivity contribution is 5.81. The van der Waals surface area contributed by atoms with E-state index in [-0.39, 0.29) is 5.82 Å². The molecule has 0 unspecified atom stereocenters. The number of nitrogens with one attached hydrogen (secondary N) is 1. The van der Waals surface area contributed by atoms with Crippen LogP contribution in [0.3, 0.4) is 0 Å². The van der Waals surface area contributed by atoms with E-state index in [9.17, 15) is 19.8 Å². The molecule has 1 saturated carbocycles. The van der Waals surface area contributed by atoms with Crippen molar-refractivity contribution >= 4 is 11.8 Å². The highest BCUT2D eigenvalue weighted by atomic mass is 16.7. The van der Waals surface area contributed by atoms with Gasteiger partial charge in [-0.1, -0.05) is 0 Å². The SMILES string of the molecule is COC1(C(=O)ONc2ccn([C@@H]3O[C@H](CO)[C@@H](O)[C@H]3O)c(=O)n2)CCC1. The quantitative estimate of drug-likeness (QED) is 0.425. The molecule has 4 N–H and O–H groups in total. The molecule has 1 aliphatic carbocycles. The number of anilines is 1. The number of carbonyl (C=O) groups excluding carboxylic acids is 1. The van der Waals surface area contributed by atoms with E-state index in [4.69, 9.17) is 19.4 Å². The molecule has 1 aromatic heterocycles. The van der Waals surface area contributed by atoms with Crippen molar-refractivity contribution in [3.05, 3.63) is 22.7 Å². The van der Waals surface area contributed by atoms with Crippen LogP contribution in [0.5, 0.6) is 0 Å². The van der Waals surface area contributed by atoms with Crippen LogP contribution in [0.2, 0.25) is 0 Å². The molecule has 0 radical (unpaired) electrons. The number of hydrogen-bond donors (Lipinski definition) is 4. The van der Waals surface area contributed by atoms with E-state index in [1.807, 2.05) is 0 Å². The lowest BCUT2D eigenvalue weighted by molar-refractivity contribution is -0.177. The van der Waals surface area contributed by atoms with E-state index in [0.29, 0.717) is 12.8 Å². The minimum absolute atomic E-state index is 0.0167. The van der Waals surface area contributed by atoms with Gasteiger partial charge < -0.3 is 29.6 Å². The topological polar surface area (TPSA) is 152 Å². The van der Waals surface area contributed by atoms with E-state index in [1.165, 1.54) is 19.4 Å². The van der Waals surface area contributed by atoms with E-state index in [2.05, 4.69) is 10.5 Å². The molecule has 0 amide bonds. The Labute approximate surface area is 148 Å². The molecule has 1 aliphatic heterocycles. The number of rotatable bonds is 6. The Kier molecular flexibility index (Phi) is 5.25. The van der Waals surface area contributed by atoms with Crippen LogP contribution in [0.15, 0.2) is 17.1 Å². The maximum Gasteiger partial charge on any atom is 0.363 e. The molecule has 1 saturated heterocycles. The summed E-state index contributed by atoms with van der Waals surface area (Å²) in [6.07, 6.45) is -1.68. The molecule has 0 spiro atoms. The summed E-state index contributed by atoms with van der Waals surface area (Å²) in [6.45, 7) is -0.506. The first-order valence-corrected chi connectivity index (χ1v) is 8.16. The van der Waals surface area contributed by atoms with Crippen molar-refractivity contribution in [2.45, 2.75) is 49.4 Å². The first-order valence-electron chi connectivity index (χ1n) is 8.16. The van der Waals surface area contributed by atoms with Crippen LogP contribution in [0.1, 0.15) is 25.5 Å². The smallest absolute Gasteiger partial charge is 0.363 e. The zero-order valence-corrected chi connectivity index (χ0v) is 14.1. The van der Waals surface area contributed by atoms with Gasteiger partial charge in [0.05, 0.1) is 6.61 Å². The second-order valence-electron chi connectivity index (χ2n) is 6.28. The number of aliphatic hydroxyl groups excluding tert-OH is 3. The molecule has 11 heteroatoms. The fourth-order valence-electron chi connectivity index (χ4n) is 2.95. The van der Waals surface area contributed by atoms with Crippen molar-refractivity contribution in [1.82, 2.24) is 9.55 Å². The van der Waals surface area contributed by atoms with Gasteiger partial charge in [-0.15, -0.1) is 0 Å². The Morgan fingerprint density at radius 3 is 2.69 bits per heavy atom. The van der Waals surface area contributed by atoms with Gasteiger partial charge in [-0.2, -0.15) is 4.98 Å². The lowest BCUT2D eigenvalue weighted by Gasteiger charge is -2.36. The first-order chi connectivity index (χ1) is 12.4. The Hall–Kier alpha value is -2.05. The Balaban J connectivity index is 1.67. The summed E-state index contributed by atoms with van der Waals surface area (Å²) in [6, 6.07) is 1.34. The summed E-state index contributed by atoms with van der Waals surface area (Å²) >= 11 is 0. The molecular weight excluding hydrogens is 350 g/mol. The minimum Gasteiger partial charge on any atom is -0.394 e. The maximum absolute atomic E-state index is 12.2. The molecule has 144 valence electrons. The van der Waals surface area contributed by atoms with Crippen molar-refractivity contribution in [2.75, 3.05) is 19.2 Å². The van der Waals surface area contributed by atoms with Gasteiger partial charge in [0.15, 0.2) is 17.6 Å². The van der Waals surface area contributed by atoms with E-state index >= 15 is 0 Å². The molecule has 2 heterocycles. The molecule has 0 aromatic carbocycles. The second kappa shape index (κ2) is 7.29. The second-order valence-corrected chi connectivity index (χ2v) is 6.28. The van der Waals surface area contributed by atoms with Gasteiger partial charge in [-0.05, 0) is 19.3 Å². The van der Waals surface area contributed by atoms with Crippen LogP contribution in [0.25, 0.3) is 0 Å². The molecular formula is C15H21N3O8. The maximum atomic E-state index is 12.2. The molecule has 4 atom stereocenters. The number of nitrogens with zero attached hydrogens (tertiary/aromatic N) is 2. The van der Waals surface area contributed by atoms with Crippen molar-refractivity contribution < 1.29 is 34.4 Å². The summed E-state index contributed by atoms with van der Waals surface area (Å²) in [5.74, 6) is -0.613. The lowest BCUT2D eigenvalue weighted by atomic mass is 9.80. The standard InChI is InChI=1S/C15H21N3O8/c1-24-15(4-2-5-15)13(22)26-17-9-3-6-18(14(23)16-9)12-11(21)10(20)8(7-19)25-12/h3,6,8,10-12,19-21H,2,4-5,7H2,1H3,(H,16,17,23)/t8-,10-,11-,12-/m1/s1. The third kappa shape index (κ3) is 3.19. The number of aliphatic hydroxyl groups is 3. The number of ether oxygens (including phenoxy) is 2. The van der Waals surface area contributed by atoms with E-state index in [1.54, 1.807) is 0 Å². The first kappa shape index (κ1) is 18.7. The third-order valence-corrected chi connectivity index (χ3v) is 4.79. The van der Waals surface area contributed by atoms with Gasteiger partial charge in [0.1, 0.15) is 18.3 Å². The van der Waals surface area contributed by atoms with Crippen LogP contribution in [-0.2, 0) is 19.1 Å². The van der Waals surface area contributed by atoms with Gasteiger partial charge in [0.25, 0.3) is 0 Å². The lowest BCUT2D eigenvalue weighted by Crippen LogP contribution is -2.48. The molecule has 2 fully saturated rings. The normalized spacial score (nSPS) is 29.8. The van der Waals surface area contributed by atoms with Crippen LogP contribution < -0.4 is 11.2 Å². The van der Waals surface area contributed by atoms with Crippen molar-refractivity contribution in [3.8, 4) is 0 Å². The number of methoxy groups -OCH3 is 1. The summed E-state index contributed by atoms with van der Waals surface area (Å²) in [5.41, 5.74) is 0.545. The predicted molar refractivity (Wildman–Crippen MR) is 84.8 cm³/mol. The summed E-state index contributed by atoms with van der Waals surface area (Å²) in [4.78, 5) is 32.8. The van der Waals surface area contributed by atoms with Crippen LogP contribution in [0.4, 0.5) is 5.82 Å². The predicted octanol–water partition coefficient (Wildman–Crippen LogP) is -1.71. The van der Waals surface area contributed by atoms with Gasteiger partial charge in [-0.3, -0.25) is 4.57 Å². The Bertz CT molecular complexity index is 714. The van der Waals surface area contributed by atoms with E-state index < -0.39 is 48.4 Å². The van der Waals surface area contributed by atoms with Crippen molar-refractivity contribution in [2.24, 2.45) is 0 Å². The highest BCUT2D eigenvalue weighted by Crippen LogP contribution is 2.36. The molecule has 11 nitrogen and oxygen atoms in total. The summed E-state index contributed by atoms with van der Waals surface area (Å²) < 4.78 is 11.4. The third-order valence-electron chi connectivity index (χ3n) is 4.79. The van der Waals surface area contributed by atoms with Crippen molar-refractivity contribution in [1.29, 1.82) is 0 Å². The fraction of sp³-hybridized carbons (Fsp3) is 0.667. The van der Waals surface area contributed by atoms with Crippen LogP contribution >= 0.6 is 0 Å². The molecule has 0 bridgehead atoms. The van der Waals surface area contributed by atoms with Crippen molar-refractivity contribution in [3.63, 3.8) is 0 Å². The number of carbonyl (C=O) groups is 1. The van der Waals surface area contributed by atoms with Gasteiger partial charge in [0.2, 0.25) is 0 Å². The minimum atomic E-state index is -1.40. The molecule has 1 aromatic rings. The number of hydrogen-bond acceptors (Lipinski definition) is 10. The van der Waals surface area contributed by atoms with Crippen LogP contribution in [-0.4, -0.2) is 68.5 Å². The average molecular weight is 371 g/mol. The summed E-state index contributed by atoms with van der Waals surface area (Å²) in [7, 11) is 1.43. The Morgan fingerprint density at radius 2 is 2.19 bits per heavy atom. The fourth-order valence-corrected chi connectivity index (χ4v) is 2.95. The number of aromatic nitrogens is 2. The van der Waals surface area contributed by atoms with Gasteiger partial charge >= 0.3 is 11.7 Å². The monoisotopic (exact) mass is 371 g/mol. The molecule has 3 rings (SSSR count). The zero-order chi connectivity index (χ0) is 18.9.